The first-order chi connectivity index (χ1) is 7.96. The van der Waals surface area contributed by atoms with E-state index in [1.54, 1.807) is 0 Å². The van der Waals surface area contributed by atoms with Crippen molar-refractivity contribution in [2.75, 3.05) is 6.54 Å². The second-order valence-corrected chi connectivity index (χ2v) is 5.72. The van der Waals surface area contributed by atoms with Gasteiger partial charge in [-0.15, -0.1) is 0 Å². The minimum absolute atomic E-state index is 0.00811. The smallest absolute Gasteiger partial charge is 0.233 e. The summed E-state index contributed by atoms with van der Waals surface area (Å²) in [7, 11) is 0. The molecule has 0 aromatic carbocycles. The summed E-state index contributed by atoms with van der Waals surface area (Å²) < 4.78 is 0. The van der Waals surface area contributed by atoms with Crippen LogP contribution in [0.3, 0.4) is 0 Å². The monoisotopic (exact) mass is 234 g/mol. The molecule has 0 N–H and O–H groups in total. The molecule has 4 heteroatoms. The summed E-state index contributed by atoms with van der Waals surface area (Å²) >= 11 is 0. The first kappa shape index (κ1) is 12.1. The molecule has 4 nitrogen and oxygen atoms in total. The standard InChI is InChI=1S/C13H18N2O2/c1-13(2,8-14)6-7-15-11(16)9-4-3-5-10(9)12(15)17/h9-10H,3-7H2,1-2H3. The number of nitrogens with zero attached hydrogens (tertiary/aromatic N) is 2. The molecule has 1 saturated heterocycles. The molecule has 2 atom stereocenters. The van der Waals surface area contributed by atoms with E-state index in [4.69, 9.17) is 5.26 Å². The number of fused-ring (bicyclic) bond motifs is 1. The maximum Gasteiger partial charge on any atom is 0.233 e. The van der Waals surface area contributed by atoms with Crippen molar-refractivity contribution in [1.29, 1.82) is 5.26 Å². The number of carbonyl (C=O) groups is 2. The summed E-state index contributed by atoms with van der Waals surface area (Å²) in [6, 6.07) is 2.20. The van der Waals surface area contributed by atoms with Crippen LogP contribution in [0.25, 0.3) is 0 Å². The number of hydrogen-bond acceptors (Lipinski definition) is 3. The number of likely N-dealkylation sites (tertiary alicyclic amines) is 1. The van der Waals surface area contributed by atoms with Crippen LogP contribution in [0.1, 0.15) is 39.5 Å². The van der Waals surface area contributed by atoms with Gasteiger partial charge < -0.3 is 0 Å². The van der Waals surface area contributed by atoms with E-state index in [2.05, 4.69) is 6.07 Å². The van der Waals surface area contributed by atoms with Crippen LogP contribution in [0.5, 0.6) is 0 Å². The third-order valence-corrected chi connectivity index (χ3v) is 3.95. The summed E-state index contributed by atoms with van der Waals surface area (Å²) in [5, 5.41) is 8.92. The Balaban J connectivity index is 2.02. The highest BCUT2D eigenvalue weighted by molar-refractivity contribution is 6.05. The van der Waals surface area contributed by atoms with Crippen LogP contribution < -0.4 is 0 Å². The number of imide groups is 1. The Hall–Kier alpha value is -1.37. The second kappa shape index (κ2) is 4.14. The lowest BCUT2D eigenvalue weighted by atomic mass is 9.91. The number of nitriles is 1. The molecule has 2 fully saturated rings. The molecule has 1 aliphatic carbocycles. The van der Waals surface area contributed by atoms with E-state index < -0.39 is 5.41 Å². The Bertz CT molecular complexity index is 373. The van der Waals surface area contributed by atoms with Crippen LogP contribution in [0.4, 0.5) is 0 Å². The van der Waals surface area contributed by atoms with Crippen molar-refractivity contribution < 1.29 is 9.59 Å². The lowest BCUT2D eigenvalue weighted by Gasteiger charge is -2.20. The Kier molecular flexibility index (Phi) is 2.94. The van der Waals surface area contributed by atoms with Crippen molar-refractivity contribution in [2.24, 2.45) is 17.3 Å². The Labute approximate surface area is 102 Å². The van der Waals surface area contributed by atoms with Gasteiger partial charge in [0.05, 0.1) is 23.3 Å². The maximum atomic E-state index is 12.0. The van der Waals surface area contributed by atoms with Gasteiger partial charge in [-0.25, -0.2) is 0 Å². The number of carbonyl (C=O) groups excluding carboxylic acids is 2. The van der Waals surface area contributed by atoms with Gasteiger partial charge in [0.15, 0.2) is 0 Å². The molecule has 2 aliphatic rings. The van der Waals surface area contributed by atoms with Crippen LogP contribution in [-0.2, 0) is 9.59 Å². The van der Waals surface area contributed by atoms with E-state index in [0.717, 1.165) is 19.3 Å². The Morgan fingerprint density at radius 3 is 2.29 bits per heavy atom. The Morgan fingerprint density at radius 2 is 1.82 bits per heavy atom. The van der Waals surface area contributed by atoms with Crippen molar-refractivity contribution in [3.8, 4) is 6.07 Å². The summed E-state index contributed by atoms with van der Waals surface area (Å²) in [6.45, 7) is 4.06. The van der Waals surface area contributed by atoms with Crippen molar-refractivity contribution in [3.63, 3.8) is 0 Å². The van der Waals surface area contributed by atoms with Gasteiger partial charge >= 0.3 is 0 Å². The Morgan fingerprint density at radius 1 is 1.29 bits per heavy atom. The van der Waals surface area contributed by atoms with Gasteiger partial charge in [-0.05, 0) is 33.1 Å². The van der Waals surface area contributed by atoms with Gasteiger partial charge in [-0.1, -0.05) is 6.42 Å². The molecule has 0 radical (unpaired) electrons. The first-order valence-corrected chi connectivity index (χ1v) is 6.23. The molecule has 17 heavy (non-hydrogen) atoms. The third-order valence-electron chi connectivity index (χ3n) is 3.95. The van der Waals surface area contributed by atoms with Crippen LogP contribution in [0.15, 0.2) is 0 Å². The van der Waals surface area contributed by atoms with Gasteiger partial charge in [-0.2, -0.15) is 5.26 Å². The minimum Gasteiger partial charge on any atom is -0.282 e. The highest BCUT2D eigenvalue weighted by Crippen LogP contribution is 2.40. The molecule has 1 heterocycles. The van der Waals surface area contributed by atoms with Gasteiger partial charge in [0.2, 0.25) is 11.8 Å². The molecular formula is C13H18N2O2. The van der Waals surface area contributed by atoms with Gasteiger partial charge in [0.1, 0.15) is 0 Å². The molecule has 1 saturated carbocycles. The highest BCUT2D eigenvalue weighted by atomic mass is 16.2. The zero-order chi connectivity index (χ0) is 12.6. The molecule has 2 amide bonds. The van der Waals surface area contributed by atoms with Crippen LogP contribution in [-0.4, -0.2) is 23.3 Å². The van der Waals surface area contributed by atoms with E-state index in [9.17, 15) is 9.59 Å². The molecule has 2 unspecified atom stereocenters. The third kappa shape index (κ3) is 2.06. The van der Waals surface area contributed by atoms with Gasteiger partial charge in [0, 0.05) is 6.54 Å². The predicted octanol–water partition coefficient (Wildman–Crippen LogP) is 1.71. The zero-order valence-corrected chi connectivity index (χ0v) is 10.4. The largest absolute Gasteiger partial charge is 0.282 e. The van der Waals surface area contributed by atoms with E-state index >= 15 is 0 Å². The van der Waals surface area contributed by atoms with E-state index in [1.165, 1.54) is 4.90 Å². The molecule has 2 rings (SSSR count). The second-order valence-electron chi connectivity index (χ2n) is 5.72. The van der Waals surface area contributed by atoms with Gasteiger partial charge in [0.25, 0.3) is 0 Å². The summed E-state index contributed by atoms with van der Waals surface area (Å²) in [6.07, 6.45) is 3.26. The maximum absolute atomic E-state index is 12.0. The lowest BCUT2D eigenvalue weighted by molar-refractivity contribution is -0.140. The van der Waals surface area contributed by atoms with Crippen LogP contribution in [0.2, 0.25) is 0 Å². The van der Waals surface area contributed by atoms with E-state index in [-0.39, 0.29) is 23.7 Å². The average Bonchev–Trinajstić information content (AvgIpc) is 2.83. The molecule has 0 aromatic heterocycles. The summed E-state index contributed by atoms with van der Waals surface area (Å²) in [4.78, 5) is 25.4. The normalized spacial score (nSPS) is 28.4. The number of hydrogen-bond donors (Lipinski definition) is 0. The summed E-state index contributed by atoms with van der Waals surface area (Å²) in [5.74, 6) is -0.141. The molecule has 0 aromatic rings. The minimum atomic E-state index is -0.474. The van der Waals surface area contributed by atoms with Crippen LogP contribution in [0, 0.1) is 28.6 Å². The quantitative estimate of drug-likeness (QED) is 0.698. The van der Waals surface area contributed by atoms with E-state index in [1.807, 2.05) is 13.8 Å². The molecule has 92 valence electrons. The first-order valence-electron chi connectivity index (χ1n) is 6.23. The van der Waals surface area contributed by atoms with Crippen LogP contribution >= 0.6 is 0 Å². The SMILES string of the molecule is CC(C)(C#N)CCN1C(=O)C2CCCC2C1=O. The molecule has 0 spiro atoms. The number of amides is 2. The van der Waals surface area contributed by atoms with Crippen molar-refractivity contribution >= 4 is 11.8 Å². The lowest BCUT2D eigenvalue weighted by Crippen LogP contribution is -2.34. The average molecular weight is 234 g/mol. The topological polar surface area (TPSA) is 61.2 Å². The van der Waals surface area contributed by atoms with E-state index in [0.29, 0.717) is 13.0 Å². The predicted molar refractivity (Wildman–Crippen MR) is 61.6 cm³/mol. The molecule has 1 aliphatic heterocycles. The van der Waals surface area contributed by atoms with Crippen molar-refractivity contribution in [3.05, 3.63) is 0 Å². The van der Waals surface area contributed by atoms with Gasteiger partial charge in [-0.3, -0.25) is 14.5 Å². The fourth-order valence-corrected chi connectivity index (χ4v) is 2.73. The van der Waals surface area contributed by atoms with Crippen molar-refractivity contribution in [2.45, 2.75) is 39.5 Å². The molecular weight excluding hydrogens is 216 g/mol. The highest BCUT2D eigenvalue weighted by Gasteiger charge is 2.49. The van der Waals surface area contributed by atoms with Crippen molar-refractivity contribution in [1.82, 2.24) is 4.90 Å². The zero-order valence-electron chi connectivity index (χ0n) is 10.4. The summed E-state index contributed by atoms with van der Waals surface area (Å²) in [5.41, 5.74) is -0.474. The molecule has 0 bridgehead atoms. The fourth-order valence-electron chi connectivity index (χ4n) is 2.73. The fraction of sp³-hybridized carbons (Fsp3) is 0.769. The number of rotatable bonds is 3.